The third-order valence-corrected chi connectivity index (χ3v) is 2.40. The number of H-pyrrole nitrogens is 1. The monoisotopic (exact) mass is 220 g/mol. The average molecular weight is 220 g/mol. The molecular formula is C12H13FN2O. The van der Waals surface area contributed by atoms with Crippen LogP contribution in [0.3, 0.4) is 0 Å². The zero-order valence-electron chi connectivity index (χ0n) is 9.25. The molecule has 2 rings (SSSR count). The highest BCUT2D eigenvalue weighted by molar-refractivity contribution is 6.08. The molecule has 3 nitrogen and oxygen atoms in total. The molecule has 0 amide bonds. The van der Waals surface area contributed by atoms with E-state index in [2.05, 4.69) is 4.98 Å². The summed E-state index contributed by atoms with van der Waals surface area (Å²) >= 11 is 0. The van der Waals surface area contributed by atoms with E-state index in [1.165, 1.54) is 12.1 Å². The van der Waals surface area contributed by atoms with Crippen LogP contribution in [0.5, 0.6) is 0 Å². The maximum atomic E-state index is 13.1. The lowest BCUT2D eigenvalue weighted by Gasteiger charge is -2.07. The summed E-state index contributed by atoms with van der Waals surface area (Å²) < 4.78 is 13.1. The molecule has 1 aromatic carbocycles. The van der Waals surface area contributed by atoms with E-state index in [-0.39, 0.29) is 11.6 Å². The predicted molar refractivity (Wildman–Crippen MR) is 61.1 cm³/mol. The molecule has 1 heterocycles. The first-order valence-electron chi connectivity index (χ1n) is 5.02. The number of Topliss-reactive ketones (excluding diaryl/α,β-unsaturated/α-hetero) is 1. The maximum absolute atomic E-state index is 13.1. The standard InChI is InChI=1S/C12H13FN2O/c1-15(2)7-12(16)10-6-14-11-4-3-8(13)5-9(10)11/h3-6,14H,7H2,1-2H3. The molecule has 0 aliphatic rings. The molecule has 4 heteroatoms. The van der Waals surface area contributed by atoms with Crippen LogP contribution in [0.1, 0.15) is 10.4 Å². The van der Waals surface area contributed by atoms with Gasteiger partial charge in [0.15, 0.2) is 5.78 Å². The Morgan fingerprint density at radius 2 is 2.19 bits per heavy atom. The molecule has 0 unspecified atom stereocenters. The van der Waals surface area contributed by atoms with Gasteiger partial charge in [-0.05, 0) is 32.3 Å². The van der Waals surface area contributed by atoms with E-state index < -0.39 is 0 Å². The maximum Gasteiger partial charge on any atom is 0.178 e. The Bertz CT molecular complexity index is 531. The number of carbonyl (C=O) groups excluding carboxylic acids is 1. The van der Waals surface area contributed by atoms with Crippen molar-refractivity contribution in [2.45, 2.75) is 0 Å². The SMILES string of the molecule is CN(C)CC(=O)c1c[nH]c2ccc(F)cc12. The molecule has 0 atom stereocenters. The molecule has 0 aliphatic carbocycles. The fraction of sp³-hybridized carbons (Fsp3) is 0.250. The number of likely N-dealkylation sites (N-methyl/N-ethyl adjacent to an activating group) is 1. The van der Waals surface area contributed by atoms with Gasteiger partial charge in [0, 0.05) is 22.7 Å². The molecule has 0 radical (unpaired) electrons. The number of hydrogen-bond donors (Lipinski definition) is 1. The molecule has 0 bridgehead atoms. The summed E-state index contributed by atoms with van der Waals surface area (Å²) in [6.45, 7) is 0.323. The van der Waals surface area contributed by atoms with E-state index in [0.717, 1.165) is 5.52 Å². The van der Waals surface area contributed by atoms with Crippen molar-refractivity contribution >= 4 is 16.7 Å². The van der Waals surface area contributed by atoms with Gasteiger partial charge in [-0.25, -0.2) is 4.39 Å². The second-order valence-corrected chi connectivity index (χ2v) is 4.05. The van der Waals surface area contributed by atoms with Crippen LogP contribution in [-0.2, 0) is 0 Å². The van der Waals surface area contributed by atoms with Gasteiger partial charge < -0.3 is 9.88 Å². The fourth-order valence-electron chi connectivity index (χ4n) is 1.70. The minimum Gasteiger partial charge on any atom is -0.360 e. The number of halogens is 1. The van der Waals surface area contributed by atoms with Gasteiger partial charge in [0.05, 0.1) is 6.54 Å². The third-order valence-electron chi connectivity index (χ3n) is 2.40. The summed E-state index contributed by atoms with van der Waals surface area (Å²) in [5.74, 6) is -0.340. The summed E-state index contributed by atoms with van der Waals surface area (Å²) in [4.78, 5) is 16.6. The molecule has 1 aromatic heterocycles. The topological polar surface area (TPSA) is 36.1 Å². The van der Waals surface area contributed by atoms with Crippen LogP contribution in [0.4, 0.5) is 4.39 Å². The van der Waals surface area contributed by atoms with E-state index in [1.807, 2.05) is 14.1 Å². The first kappa shape index (κ1) is 10.8. The van der Waals surface area contributed by atoms with Gasteiger partial charge >= 0.3 is 0 Å². The van der Waals surface area contributed by atoms with Gasteiger partial charge in [-0.15, -0.1) is 0 Å². The van der Waals surface area contributed by atoms with Crippen molar-refractivity contribution in [3.05, 3.63) is 35.8 Å². The van der Waals surface area contributed by atoms with Crippen molar-refractivity contribution in [2.24, 2.45) is 0 Å². The van der Waals surface area contributed by atoms with Gasteiger partial charge in [0.2, 0.25) is 0 Å². The molecule has 16 heavy (non-hydrogen) atoms. The number of nitrogens with one attached hydrogen (secondary N) is 1. The Balaban J connectivity index is 2.44. The van der Waals surface area contributed by atoms with Crippen LogP contribution in [0.15, 0.2) is 24.4 Å². The highest BCUT2D eigenvalue weighted by Gasteiger charge is 2.12. The van der Waals surface area contributed by atoms with Crippen LogP contribution in [0.2, 0.25) is 0 Å². The number of rotatable bonds is 3. The zero-order chi connectivity index (χ0) is 11.7. The lowest BCUT2D eigenvalue weighted by molar-refractivity contribution is 0.0959. The summed E-state index contributed by atoms with van der Waals surface area (Å²) in [7, 11) is 3.65. The van der Waals surface area contributed by atoms with Crippen LogP contribution in [0.25, 0.3) is 10.9 Å². The number of nitrogens with zero attached hydrogens (tertiary/aromatic N) is 1. The number of ketones is 1. The average Bonchev–Trinajstić information content (AvgIpc) is 2.59. The molecule has 0 spiro atoms. The predicted octanol–water partition coefficient (Wildman–Crippen LogP) is 2.05. The first-order chi connectivity index (χ1) is 7.58. The summed E-state index contributed by atoms with van der Waals surface area (Å²) in [6.07, 6.45) is 1.63. The lowest BCUT2D eigenvalue weighted by Crippen LogP contribution is -2.21. The molecule has 0 saturated heterocycles. The molecule has 2 aromatic rings. The van der Waals surface area contributed by atoms with Gasteiger partial charge in [-0.1, -0.05) is 0 Å². The Morgan fingerprint density at radius 3 is 2.88 bits per heavy atom. The number of aromatic nitrogens is 1. The van der Waals surface area contributed by atoms with Gasteiger partial charge in [0.25, 0.3) is 0 Å². The number of benzene rings is 1. The van der Waals surface area contributed by atoms with Crippen molar-refractivity contribution in [3.63, 3.8) is 0 Å². The molecular weight excluding hydrogens is 207 g/mol. The van der Waals surface area contributed by atoms with E-state index in [1.54, 1.807) is 17.2 Å². The number of fused-ring (bicyclic) bond motifs is 1. The Hall–Kier alpha value is -1.68. The van der Waals surface area contributed by atoms with Crippen molar-refractivity contribution in [1.29, 1.82) is 0 Å². The zero-order valence-corrected chi connectivity index (χ0v) is 9.25. The van der Waals surface area contributed by atoms with Crippen molar-refractivity contribution < 1.29 is 9.18 Å². The highest BCUT2D eigenvalue weighted by atomic mass is 19.1. The third kappa shape index (κ3) is 1.97. The molecule has 0 saturated carbocycles. The Kier molecular flexibility index (Phi) is 2.75. The Labute approximate surface area is 92.9 Å². The Morgan fingerprint density at radius 1 is 1.44 bits per heavy atom. The van der Waals surface area contributed by atoms with Crippen molar-refractivity contribution in [3.8, 4) is 0 Å². The second-order valence-electron chi connectivity index (χ2n) is 4.05. The summed E-state index contributed by atoms with van der Waals surface area (Å²) in [5.41, 5.74) is 1.33. The van der Waals surface area contributed by atoms with E-state index in [4.69, 9.17) is 0 Å². The minimum atomic E-state index is -0.328. The summed E-state index contributed by atoms with van der Waals surface area (Å²) in [6, 6.07) is 4.39. The molecule has 84 valence electrons. The van der Waals surface area contributed by atoms with Crippen LogP contribution >= 0.6 is 0 Å². The summed E-state index contributed by atoms with van der Waals surface area (Å²) in [5, 5.41) is 0.645. The normalized spacial score (nSPS) is 11.2. The fourth-order valence-corrected chi connectivity index (χ4v) is 1.70. The molecule has 1 N–H and O–H groups in total. The van der Waals surface area contributed by atoms with Crippen LogP contribution < -0.4 is 0 Å². The van der Waals surface area contributed by atoms with E-state index in [9.17, 15) is 9.18 Å². The van der Waals surface area contributed by atoms with Gasteiger partial charge in [-0.2, -0.15) is 0 Å². The minimum absolute atomic E-state index is 0.0122. The molecule has 0 aliphatic heterocycles. The smallest absolute Gasteiger partial charge is 0.178 e. The van der Waals surface area contributed by atoms with E-state index >= 15 is 0 Å². The van der Waals surface area contributed by atoms with Crippen LogP contribution in [-0.4, -0.2) is 36.3 Å². The number of hydrogen-bond acceptors (Lipinski definition) is 2. The lowest BCUT2D eigenvalue weighted by atomic mass is 10.1. The van der Waals surface area contributed by atoms with E-state index in [0.29, 0.717) is 17.5 Å². The number of carbonyl (C=O) groups is 1. The largest absolute Gasteiger partial charge is 0.360 e. The van der Waals surface area contributed by atoms with Gasteiger partial charge in [0.1, 0.15) is 5.82 Å². The molecule has 0 fully saturated rings. The number of aromatic amines is 1. The quantitative estimate of drug-likeness (QED) is 0.804. The van der Waals surface area contributed by atoms with Crippen LogP contribution in [0, 0.1) is 5.82 Å². The second kappa shape index (κ2) is 4.06. The highest BCUT2D eigenvalue weighted by Crippen LogP contribution is 2.19. The first-order valence-corrected chi connectivity index (χ1v) is 5.02. The van der Waals surface area contributed by atoms with Crippen molar-refractivity contribution in [2.75, 3.05) is 20.6 Å². The van der Waals surface area contributed by atoms with Gasteiger partial charge in [-0.3, -0.25) is 4.79 Å². The van der Waals surface area contributed by atoms with Crippen molar-refractivity contribution in [1.82, 2.24) is 9.88 Å².